The second kappa shape index (κ2) is 8.89. The zero-order valence-electron chi connectivity index (χ0n) is 16.1. The van der Waals surface area contributed by atoms with Gasteiger partial charge < -0.3 is 10.2 Å². The molecule has 2 rings (SSSR count). The van der Waals surface area contributed by atoms with E-state index in [4.69, 9.17) is 11.6 Å². The van der Waals surface area contributed by atoms with Crippen LogP contribution < -0.4 is 10.0 Å². The van der Waals surface area contributed by atoms with Gasteiger partial charge in [0, 0.05) is 13.1 Å². The van der Waals surface area contributed by atoms with Crippen molar-refractivity contribution in [2.24, 2.45) is 0 Å². The number of benzene rings is 2. The Hall–Kier alpha value is -2.16. The normalized spacial score (nSPS) is 11.5. The molecule has 2 aromatic carbocycles. The molecule has 6 nitrogen and oxygen atoms in total. The van der Waals surface area contributed by atoms with Gasteiger partial charge in [-0.2, -0.15) is 0 Å². The van der Waals surface area contributed by atoms with Gasteiger partial charge >= 0.3 is 0 Å². The first-order valence-electron chi connectivity index (χ1n) is 8.53. The van der Waals surface area contributed by atoms with Crippen molar-refractivity contribution in [2.45, 2.75) is 18.7 Å². The van der Waals surface area contributed by atoms with Gasteiger partial charge in [-0.05, 0) is 69.4 Å². The Kier molecular flexibility index (Phi) is 7.03. The van der Waals surface area contributed by atoms with Crippen molar-refractivity contribution >= 4 is 33.2 Å². The number of hydrogen-bond acceptors (Lipinski definition) is 4. The Bertz CT molecular complexity index is 971. The van der Waals surface area contributed by atoms with Gasteiger partial charge in [-0.15, -0.1) is 0 Å². The molecular weight excluding hydrogens is 405 g/mol. The van der Waals surface area contributed by atoms with E-state index >= 15 is 0 Å². The van der Waals surface area contributed by atoms with Crippen LogP contribution in [-0.2, 0) is 10.0 Å². The third-order valence-corrected chi connectivity index (χ3v) is 5.70. The molecule has 1 amide bonds. The van der Waals surface area contributed by atoms with Gasteiger partial charge in [0.2, 0.25) is 0 Å². The van der Waals surface area contributed by atoms with E-state index in [9.17, 15) is 17.6 Å². The summed E-state index contributed by atoms with van der Waals surface area (Å²) in [5.41, 5.74) is 0.928. The van der Waals surface area contributed by atoms with Gasteiger partial charge in [-0.1, -0.05) is 11.6 Å². The van der Waals surface area contributed by atoms with Crippen molar-refractivity contribution in [3.05, 3.63) is 57.9 Å². The summed E-state index contributed by atoms with van der Waals surface area (Å²) in [5, 5.41) is 2.86. The van der Waals surface area contributed by atoms with Crippen molar-refractivity contribution in [1.82, 2.24) is 10.2 Å². The fraction of sp³-hybridized carbons (Fsp3) is 0.316. The Morgan fingerprint density at radius 1 is 1.14 bits per heavy atom. The quantitative estimate of drug-likeness (QED) is 0.711. The average molecular weight is 428 g/mol. The molecule has 0 saturated heterocycles. The molecule has 2 aromatic rings. The van der Waals surface area contributed by atoms with Crippen LogP contribution in [-0.4, -0.2) is 46.4 Å². The summed E-state index contributed by atoms with van der Waals surface area (Å²) in [7, 11) is -0.144. The van der Waals surface area contributed by atoms with Crippen LogP contribution in [0.25, 0.3) is 0 Å². The highest BCUT2D eigenvalue weighted by molar-refractivity contribution is 7.92. The molecule has 0 aromatic heterocycles. The lowest BCUT2D eigenvalue weighted by Gasteiger charge is -2.13. The highest BCUT2D eigenvalue weighted by Crippen LogP contribution is 2.25. The lowest BCUT2D eigenvalue weighted by molar-refractivity contribution is 0.0951. The van der Waals surface area contributed by atoms with Crippen LogP contribution in [0.2, 0.25) is 5.02 Å². The van der Waals surface area contributed by atoms with Gasteiger partial charge in [-0.3, -0.25) is 9.52 Å². The number of rotatable bonds is 7. The van der Waals surface area contributed by atoms with E-state index in [0.717, 1.165) is 0 Å². The fourth-order valence-electron chi connectivity index (χ4n) is 2.53. The highest BCUT2D eigenvalue weighted by atomic mass is 35.5. The number of amides is 1. The van der Waals surface area contributed by atoms with Gasteiger partial charge in [0.25, 0.3) is 15.9 Å². The molecule has 0 spiro atoms. The second-order valence-corrected chi connectivity index (χ2v) is 8.82. The van der Waals surface area contributed by atoms with Gasteiger partial charge in [0.05, 0.1) is 21.2 Å². The summed E-state index contributed by atoms with van der Waals surface area (Å²) in [6.45, 7) is 4.14. The second-order valence-electron chi connectivity index (χ2n) is 6.73. The minimum absolute atomic E-state index is 0.0504. The molecule has 0 bridgehead atoms. The van der Waals surface area contributed by atoms with Crippen molar-refractivity contribution in [1.29, 1.82) is 0 Å². The van der Waals surface area contributed by atoms with E-state index in [-0.39, 0.29) is 38.2 Å². The molecule has 0 fully saturated rings. The number of carbonyl (C=O) groups is 1. The molecule has 0 atom stereocenters. The standard InChI is InChI=1S/C19H23ClFN3O3S/c1-12-9-15(10-13(2)18(12)21)28(26,27)23-14-5-6-16(17(20)11-14)19(25)22-7-8-24(3)4/h5-6,9-11,23H,7-8H2,1-4H3,(H,22,25). The maximum absolute atomic E-state index is 13.8. The summed E-state index contributed by atoms with van der Waals surface area (Å²) in [6.07, 6.45) is 0. The van der Waals surface area contributed by atoms with Crippen LogP contribution in [0.3, 0.4) is 0 Å². The Balaban J connectivity index is 2.19. The predicted octanol–water partition coefficient (Wildman–Crippen LogP) is 3.19. The third kappa shape index (κ3) is 5.43. The van der Waals surface area contributed by atoms with Crippen molar-refractivity contribution in [3.63, 3.8) is 0 Å². The van der Waals surface area contributed by atoms with Crippen LogP contribution in [0.15, 0.2) is 35.2 Å². The Morgan fingerprint density at radius 3 is 2.29 bits per heavy atom. The van der Waals surface area contributed by atoms with E-state index in [1.807, 2.05) is 19.0 Å². The molecule has 0 aliphatic heterocycles. The SMILES string of the molecule is Cc1cc(S(=O)(=O)Nc2ccc(C(=O)NCCN(C)C)c(Cl)c2)cc(C)c1F. The molecule has 0 aliphatic carbocycles. The first-order valence-corrected chi connectivity index (χ1v) is 10.4. The topological polar surface area (TPSA) is 78.5 Å². The maximum atomic E-state index is 13.8. The van der Waals surface area contributed by atoms with Gasteiger partial charge in [0.15, 0.2) is 0 Å². The van der Waals surface area contributed by atoms with Crippen LogP contribution in [0.5, 0.6) is 0 Å². The van der Waals surface area contributed by atoms with Crippen LogP contribution in [0.4, 0.5) is 10.1 Å². The first-order chi connectivity index (χ1) is 13.0. The number of likely N-dealkylation sites (N-methyl/N-ethyl adjacent to an activating group) is 1. The Labute approximate surface area is 169 Å². The summed E-state index contributed by atoms with van der Waals surface area (Å²) in [6, 6.07) is 6.79. The average Bonchev–Trinajstić information content (AvgIpc) is 2.58. The number of sulfonamides is 1. The number of anilines is 1. The molecule has 2 N–H and O–H groups in total. The van der Waals surface area contributed by atoms with E-state index < -0.39 is 15.8 Å². The fourth-order valence-corrected chi connectivity index (χ4v) is 4.01. The summed E-state index contributed by atoms with van der Waals surface area (Å²) < 4.78 is 41.3. The molecule has 28 heavy (non-hydrogen) atoms. The number of nitrogens with zero attached hydrogens (tertiary/aromatic N) is 1. The van der Waals surface area contributed by atoms with Crippen molar-refractivity contribution in [3.8, 4) is 0 Å². The van der Waals surface area contributed by atoms with Crippen molar-refractivity contribution < 1.29 is 17.6 Å². The number of nitrogens with one attached hydrogen (secondary N) is 2. The summed E-state index contributed by atoms with van der Waals surface area (Å²) in [4.78, 5) is 14.1. The molecule has 9 heteroatoms. The number of aryl methyl sites for hydroxylation is 2. The predicted molar refractivity (Wildman–Crippen MR) is 109 cm³/mol. The number of hydrogen-bond donors (Lipinski definition) is 2. The lowest BCUT2D eigenvalue weighted by atomic mass is 10.1. The monoisotopic (exact) mass is 427 g/mol. The number of carbonyl (C=O) groups excluding carboxylic acids is 1. The van der Waals surface area contributed by atoms with Gasteiger partial charge in [-0.25, -0.2) is 12.8 Å². The maximum Gasteiger partial charge on any atom is 0.261 e. The molecule has 0 radical (unpaired) electrons. The largest absolute Gasteiger partial charge is 0.351 e. The summed E-state index contributed by atoms with van der Waals surface area (Å²) in [5.74, 6) is -0.780. The van der Waals surface area contributed by atoms with Crippen LogP contribution in [0, 0.1) is 19.7 Å². The minimum atomic E-state index is -3.93. The third-order valence-electron chi connectivity index (χ3n) is 4.03. The Morgan fingerprint density at radius 2 is 1.75 bits per heavy atom. The minimum Gasteiger partial charge on any atom is -0.351 e. The first kappa shape index (κ1) is 22.1. The zero-order valence-corrected chi connectivity index (χ0v) is 17.7. The summed E-state index contributed by atoms with van der Waals surface area (Å²) >= 11 is 6.16. The molecule has 0 heterocycles. The molecule has 0 aliphatic rings. The van der Waals surface area contributed by atoms with E-state index in [1.165, 1.54) is 44.2 Å². The molecule has 0 saturated carbocycles. The van der Waals surface area contributed by atoms with E-state index in [1.54, 1.807) is 0 Å². The van der Waals surface area contributed by atoms with Crippen molar-refractivity contribution in [2.75, 3.05) is 31.9 Å². The smallest absolute Gasteiger partial charge is 0.261 e. The van der Waals surface area contributed by atoms with Gasteiger partial charge in [0.1, 0.15) is 5.82 Å². The highest BCUT2D eigenvalue weighted by Gasteiger charge is 2.18. The van der Waals surface area contributed by atoms with E-state index in [0.29, 0.717) is 13.1 Å². The zero-order chi connectivity index (χ0) is 21.1. The molecule has 152 valence electrons. The number of halogens is 2. The molecular formula is C19H23ClFN3O3S. The van der Waals surface area contributed by atoms with Crippen LogP contribution >= 0.6 is 11.6 Å². The molecule has 0 unspecified atom stereocenters. The lowest BCUT2D eigenvalue weighted by Crippen LogP contribution is -2.31. The van der Waals surface area contributed by atoms with E-state index in [2.05, 4.69) is 10.0 Å². The van der Waals surface area contributed by atoms with Crippen LogP contribution in [0.1, 0.15) is 21.5 Å².